The highest BCUT2D eigenvalue weighted by Crippen LogP contribution is 2.26. The highest BCUT2D eigenvalue weighted by molar-refractivity contribution is 7.89. The first kappa shape index (κ1) is 24.5. The first-order valence-electron chi connectivity index (χ1n) is 10.9. The van der Waals surface area contributed by atoms with Gasteiger partial charge in [0, 0.05) is 46.2 Å². The average molecular weight is 466 g/mol. The maximum atomic E-state index is 13.2. The standard InChI is InChI=1S/C22H35N5O4S/c1-22(2,15-24(3)4)14-23-20(28)16-9-11-27(12-10-16)32(30,31)17-7-8-18-19(13-17)26(6)21(29)25(18)5/h7-8,13,16H,9-12,14-15H2,1-6H3,(H,23,28). The number of hydrogen-bond acceptors (Lipinski definition) is 5. The fourth-order valence-corrected chi connectivity index (χ4v) is 6.03. The summed E-state index contributed by atoms with van der Waals surface area (Å²) in [6, 6.07) is 4.76. The van der Waals surface area contributed by atoms with Crippen LogP contribution in [-0.2, 0) is 28.9 Å². The summed E-state index contributed by atoms with van der Waals surface area (Å²) in [5, 5.41) is 3.05. The molecule has 0 unspecified atom stereocenters. The van der Waals surface area contributed by atoms with Crippen LogP contribution in [0.5, 0.6) is 0 Å². The molecule has 0 atom stereocenters. The van der Waals surface area contributed by atoms with E-state index in [0.29, 0.717) is 43.5 Å². The van der Waals surface area contributed by atoms with Gasteiger partial charge in [0.1, 0.15) is 0 Å². The maximum absolute atomic E-state index is 13.2. The van der Waals surface area contributed by atoms with Crippen molar-refractivity contribution in [1.29, 1.82) is 0 Å². The minimum absolute atomic E-state index is 0.00501. The number of nitrogens with zero attached hydrogens (tertiary/aromatic N) is 4. The van der Waals surface area contributed by atoms with Crippen molar-refractivity contribution in [3.8, 4) is 0 Å². The molecule has 0 bridgehead atoms. The maximum Gasteiger partial charge on any atom is 0.328 e. The SMILES string of the molecule is CN(C)CC(C)(C)CNC(=O)C1CCN(S(=O)(=O)c2ccc3c(c2)n(C)c(=O)n3C)CC1. The van der Waals surface area contributed by atoms with E-state index in [1.165, 1.54) is 13.4 Å². The van der Waals surface area contributed by atoms with Gasteiger partial charge in [-0.25, -0.2) is 13.2 Å². The van der Waals surface area contributed by atoms with Gasteiger partial charge < -0.3 is 10.2 Å². The van der Waals surface area contributed by atoms with Crippen LogP contribution < -0.4 is 11.0 Å². The minimum Gasteiger partial charge on any atom is -0.355 e. The first-order chi connectivity index (χ1) is 14.8. The summed E-state index contributed by atoms with van der Waals surface area (Å²) in [5.41, 5.74) is 1.02. The lowest BCUT2D eigenvalue weighted by Crippen LogP contribution is -2.45. The normalized spacial score (nSPS) is 16.7. The van der Waals surface area contributed by atoms with E-state index in [9.17, 15) is 18.0 Å². The van der Waals surface area contributed by atoms with E-state index < -0.39 is 10.0 Å². The number of benzene rings is 1. The zero-order valence-corrected chi connectivity index (χ0v) is 20.7. The Hall–Kier alpha value is -2.17. The van der Waals surface area contributed by atoms with Crippen LogP contribution in [-0.4, -0.2) is 72.9 Å². The number of carbonyl (C=O) groups is 1. The summed E-state index contributed by atoms with van der Waals surface area (Å²) in [6.45, 7) is 6.27. The van der Waals surface area contributed by atoms with E-state index in [1.807, 2.05) is 14.1 Å². The average Bonchev–Trinajstić information content (AvgIpc) is 2.95. The molecule has 32 heavy (non-hydrogen) atoms. The molecule has 1 aromatic carbocycles. The Labute approximate surface area is 190 Å². The Morgan fingerprint density at radius 3 is 2.31 bits per heavy atom. The molecule has 1 fully saturated rings. The van der Waals surface area contributed by atoms with Crippen molar-refractivity contribution in [2.75, 3.05) is 40.3 Å². The van der Waals surface area contributed by atoms with E-state index in [-0.39, 0.29) is 27.8 Å². The lowest BCUT2D eigenvalue weighted by atomic mass is 9.91. The van der Waals surface area contributed by atoms with Crippen LogP contribution in [0.4, 0.5) is 0 Å². The van der Waals surface area contributed by atoms with Crippen LogP contribution in [0.25, 0.3) is 11.0 Å². The lowest BCUT2D eigenvalue weighted by molar-refractivity contribution is -0.126. The Kier molecular flexibility index (Phi) is 6.88. The van der Waals surface area contributed by atoms with Crippen molar-refractivity contribution in [2.24, 2.45) is 25.4 Å². The molecule has 0 saturated carbocycles. The molecule has 1 saturated heterocycles. The third-order valence-electron chi connectivity index (χ3n) is 6.19. The molecular formula is C22H35N5O4S. The van der Waals surface area contributed by atoms with Crippen LogP contribution in [0.15, 0.2) is 27.9 Å². The van der Waals surface area contributed by atoms with Crippen molar-refractivity contribution in [3.05, 3.63) is 28.7 Å². The number of aryl methyl sites for hydroxylation is 2. The molecule has 2 heterocycles. The summed E-state index contributed by atoms with van der Waals surface area (Å²) in [7, 11) is 3.61. The van der Waals surface area contributed by atoms with Crippen LogP contribution in [0.1, 0.15) is 26.7 Å². The number of nitrogens with one attached hydrogen (secondary N) is 1. The van der Waals surface area contributed by atoms with E-state index >= 15 is 0 Å². The van der Waals surface area contributed by atoms with Gasteiger partial charge in [0.15, 0.2) is 0 Å². The summed E-state index contributed by atoms with van der Waals surface area (Å²) in [6.07, 6.45) is 0.983. The van der Waals surface area contributed by atoms with Crippen LogP contribution >= 0.6 is 0 Å². The van der Waals surface area contributed by atoms with Crippen molar-refractivity contribution in [2.45, 2.75) is 31.6 Å². The van der Waals surface area contributed by atoms with Gasteiger partial charge in [-0.3, -0.25) is 13.9 Å². The second-order valence-electron chi connectivity index (χ2n) is 9.85. The third kappa shape index (κ3) is 4.92. The number of rotatable bonds is 7. The van der Waals surface area contributed by atoms with Crippen molar-refractivity contribution in [3.63, 3.8) is 0 Å². The van der Waals surface area contributed by atoms with Crippen molar-refractivity contribution < 1.29 is 13.2 Å². The zero-order chi connectivity index (χ0) is 23.8. The van der Waals surface area contributed by atoms with Gasteiger partial charge in [-0.1, -0.05) is 13.8 Å². The molecule has 3 rings (SSSR count). The largest absolute Gasteiger partial charge is 0.355 e. The van der Waals surface area contributed by atoms with Gasteiger partial charge in [-0.05, 0) is 50.6 Å². The van der Waals surface area contributed by atoms with Crippen LogP contribution in [0.2, 0.25) is 0 Å². The van der Waals surface area contributed by atoms with Gasteiger partial charge >= 0.3 is 5.69 Å². The van der Waals surface area contributed by atoms with E-state index in [1.54, 1.807) is 32.3 Å². The van der Waals surface area contributed by atoms with Gasteiger partial charge in [0.05, 0.1) is 15.9 Å². The molecule has 2 aromatic rings. The highest BCUT2D eigenvalue weighted by atomic mass is 32.2. The molecule has 178 valence electrons. The van der Waals surface area contributed by atoms with Crippen LogP contribution in [0.3, 0.4) is 0 Å². The molecule has 9 nitrogen and oxygen atoms in total. The summed E-state index contributed by atoms with van der Waals surface area (Å²) < 4.78 is 30.8. The van der Waals surface area contributed by atoms with E-state index in [0.717, 1.165) is 6.54 Å². The number of hydrogen-bond donors (Lipinski definition) is 1. The van der Waals surface area contributed by atoms with E-state index in [4.69, 9.17) is 0 Å². The van der Waals surface area contributed by atoms with Crippen LogP contribution in [0, 0.1) is 11.3 Å². The predicted molar refractivity (Wildman–Crippen MR) is 125 cm³/mol. The quantitative estimate of drug-likeness (QED) is 0.658. The Bertz CT molecular complexity index is 1150. The molecule has 10 heteroatoms. The molecule has 1 aromatic heterocycles. The smallest absolute Gasteiger partial charge is 0.328 e. The van der Waals surface area contributed by atoms with Gasteiger partial charge in [-0.2, -0.15) is 4.31 Å². The van der Waals surface area contributed by atoms with Gasteiger partial charge in [0.2, 0.25) is 15.9 Å². The molecular weight excluding hydrogens is 430 g/mol. The zero-order valence-electron chi connectivity index (χ0n) is 19.9. The number of aromatic nitrogens is 2. The number of carbonyl (C=O) groups excluding carboxylic acids is 1. The summed E-state index contributed by atoms with van der Waals surface area (Å²) in [4.78, 5) is 27.1. The predicted octanol–water partition coefficient (Wildman–Crippen LogP) is 0.982. The Balaban J connectivity index is 1.65. The third-order valence-corrected chi connectivity index (χ3v) is 8.09. The summed E-state index contributed by atoms with van der Waals surface area (Å²) >= 11 is 0. The lowest BCUT2D eigenvalue weighted by Gasteiger charge is -2.32. The first-order valence-corrected chi connectivity index (χ1v) is 12.4. The molecule has 1 N–H and O–H groups in total. The number of sulfonamides is 1. The number of imidazole rings is 1. The Morgan fingerprint density at radius 1 is 1.12 bits per heavy atom. The number of fused-ring (bicyclic) bond motifs is 1. The molecule has 1 aliphatic rings. The highest BCUT2D eigenvalue weighted by Gasteiger charge is 2.33. The molecule has 1 aliphatic heterocycles. The van der Waals surface area contributed by atoms with Crippen molar-refractivity contribution >= 4 is 27.0 Å². The van der Waals surface area contributed by atoms with E-state index in [2.05, 4.69) is 24.1 Å². The molecule has 1 amide bonds. The second-order valence-corrected chi connectivity index (χ2v) is 11.8. The van der Waals surface area contributed by atoms with Gasteiger partial charge in [0.25, 0.3) is 0 Å². The molecule has 0 spiro atoms. The molecule has 0 aliphatic carbocycles. The number of piperidine rings is 1. The topological polar surface area (TPSA) is 96.7 Å². The van der Waals surface area contributed by atoms with Gasteiger partial charge in [-0.15, -0.1) is 0 Å². The van der Waals surface area contributed by atoms with Crippen molar-refractivity contribution in [1.82, 2.24) is 23.7 Å². The minimum atomic E-state index is -3.70. The Morgan fingerprint density at radius 2 is 1.72 bits per heavy atom. The number of amides is 1. The summed E-state index contributed by atoms with van der Waals surface area (Å²) in [5.74, 6) is -0.191. The second kappa shape index (κ2) is 8.99. The fraction of sp³-hybridized carbons (Fsp3) is 0.636. The molecule has 0 radical (unpaired) electrons. The fourth-order valence-electron chi connectivity index (χ4n) is 4.54. The monoisotopic (exact) mass is 465 g/mol.